The number of aromatic nitrogens is 4. The van der Waals surface area contributed by atoms with E-state index in [0.29, 0.717) is 18.4 Å². The lowest BCUT2D eigenvalue weighted by Crippen LogP contribution is -2.05. The van der Waals surface area contributed by atoms with E-state index in [1.54, 1.807) is 12.5 Å². The fourth-order valence-corrected chi connectivity index (χ4v) is 2.03. The molecule has 2 N–H and O–H groups in total. The first-order chi connectivity index (χ1) is 8.56. The molecule has 0 aliphatic heterocycles. The van der Waals surface area contributed by atoms with E-state index < -0.39 is 0 Å². The Kier molecular flexibility index (Phi) is 3.23. The molecule has 0 spiro atoms. The fourth-order valence-electron chi connectivity index (χ4n) is 2.03. The van der Waals surface area contributed by atoms with Gasteiger partial charge in [0.25, 0.3) is 0 Å². The summed E-state index contributed by atoms with van der Waals surface area (Å²) in [6.07, 6.45) is 5.42. The predicted octanol–water partition coefficient (Wildman–Crippen LogP) is 2.40. The zero-order valence-corrected chi connectivity index (χ0v) is 11.1. The fraction of sp³-hybridized carbons (Fsp3) is 0.385. The number of nitrogen functional groups attached to an aromatic ring is 1. The van der Waals surface area contributed by atoms with Crippen LogP contribution >= 0.6 is 0 Å². The molecule has 0 aliphatic carbocycles. The van der Waals surface area contributed by atoms with Crippen molar-refractivity contribution in [3.05, 3.63) is 31.0 Å². The largest absolute Gasteiger partial charge is 0.383 e. The molecular weight excluding hydrogens is 226 g/mol. The Hall–Kier alpha value is -2.04. The molecule has 5 heteroatoms. The lowest BCUT2D eigenvalue weighted by Gasteiger charge is -2.10. The number of aryl methyl sites for hydroxylation is 1. The molecule has 0 aromatic carbocycles. The Labute approximate surface area is 107 Å². The van der Waals surface area contributed by atoms with Gasteiger partial charge in [0.2, 0.25) is 0 Å². The van der Waals surface area contributed by atoms with Crippen LogP contribution in [0.4, 0.5) is 5.82 Å². The van der Waals surface area contributed by atoms with Crippen LogP contribution in [0, 0.1) is 6.92 Å². The maximum Gasteiger partial charge on any atom is 0.133 e. The van der Waals surface area contributed by atoms with Crippen molar-refractivity contribution in [3.8, 4) is 11.4 Å². The monoisotopic (exact) mass is 245 g/mol. The molecule has 0 aliphatic rings. The molecule has 18 heavy (non-hydrogen) atoms. The lowest BCUT2D eigenvalue weighted by molar-refractivity contribution is 0.604. The minimum Gasteiger partial charge on any atom is -0.383 e. The first-order valence-corrected chi connectivity index (χ1v) is 6.02. The predicted molar refractivity (Wildman–Crippen MR) is 73.2 cm³/mol. The normalized spacial score (nSPS) is 11.1. The van der Waals surface area contributed by atoms with Crippen molar-refractivity contribution in [1.29, 1.82) is 0 Å². The second kappa shape index (κ2) is 4.68. The summed E-state index contributed by atoms with van der Waals surface area (Å²) >= 11 is 0. The number of imidazole rings is 2. The minimum absolute atomic E-state index is 0.326. The van der Waals surface area contributed by atoms with Crippen LogP contribution < -0.4 is 5.73 Å². The smallest absolute Gasteiger partial charge is 0.133 e. The summed E-state index contributed by atoms with van der Waals surface area (Å²) in [5.74, 6) is 1.55. The third-order valence-electron chi connectivity index (χ3n) is 2.97. The third kappa shape index (κ3) is 1.92. The summed E-state index contributed by atoms with van der Waals surface area (Å²) in [6.45, 7) is 10.6. The molecule has 0 radical (unpaired) electrons. The topological polar surface area (TPSA) is 61.7 Å². The Morgan fingerprint density at radius 3 is 2.83 bits per heavy atom. The molecular formula is C13H19N5. The van der Waals surface area contributed by atoms with Crippen LogP contribution in [0.1, 0.15) is 25.7 Å². The van der Waals surface area contributed by atoms with Gasteiger partial charge < -0.3 is 14.9 Å². The molecule has 2 aromatic rings. The van der Waals surface area contributed by atoms with Crippen LogP contribution in [-0.2, 0) is 6.54 Å². The second-order valence-electron chi connectivity index (χ2n) is 4.57. The van der Waals surface area contributed by atoms with Gasteiger partial charge in [-0.3, -0.25) is 0 Å². The molecule has 96 valence electrons. The van der Waals surface area contributed by atoms with Crippen molar-refractivity contribution < 1.29 is 0 Å². The van der Waals surface area contributed by atoms with Crippen LogP contribution in [0.3, 0.4) is 0 Å². The lowest BCUT2D eigenvalue weighted by atomic mass is 10.3. The number of anilines is 1. The van der Waals surface area contributed by atoms with Crippen molar-refractivity contribution in [2.75, 3.05) is 5.73 Å². The maximum absolute atomic E-state index is 6.16. The van der Waals surface area contributed by atoms with Gasteiger partial charge in [0.15, 0.2) is 0 Å². The van der Waals surface area contributed by atoms with Crippen molar-refractivity contribution in [2.45, 2.75) is 33.4 Å². The van der Waals surface area contributed by atoms with E-state index >= 15 is 0 Å². The summed E-state index contributed by atoms with van der Waals surface area (Å²) in [7, 11) is 0. The molecule has 0 fully saturated rings. The van der Waals surface area contributed by atoms with Crippen LogP contribution in [0.2, 0.25) is 0 Å². The molecule has 0 saturated heterocycles. The highest BCUT2D eigenvalue weighted by molar-refractivity contribution is 5.68. The van der Waals surface area contributed by atoms with E-state index in [1.807, 2.05) is 17.6 Å². The van der Waals surface area contributed by atoms with Gasteiger partial charge in [-0.2, -0.15) is 0 Å². The number of nitrogens with zero attached hydrogens (tertiary/aromatic N) is 4. The Morgan fingerprint density at radius 2 is 2.22 bits per heavy atom. The van der Waals surface area contributed by atoms with Crippen molar-refractivity contribution >= 4 is 5.82 Å². The van der Waals surface area contributed by atoms with Crippen molar-refractivity contribution in [3.63, 3.8) is 0 Å². The molecule has 0 atom stereocenters. The van der Waals surface area contributed by atoms with E-state index in [-0.39, 0.29) is 0 Å². The van der Waals surface area contributed by atoms with Crippen LogP contribution in [0.15, 0.2) is 25.2 Å². The third-order valence-corrected chi connectivity index (χ3v) is 2.97. The molecule has 5 nitrogen and oxygen atoms in total. The van der Waals surface area contributed by atoms with Crippen molar-refractivity contribution in [1.82, 2.24) is 19.1 Å². The highest BCUT2D eigenvalue weighted by Crippen LogP contribution is 2.27. The van der Waals surface area contributed by atoms with Gasteiger partial charge in [-0.15, -0.1) is 6.58 Å². The molecule has 0 unspecified atom stereocenters. The molecule has 0 bridgehead atoms. The summed E-state index contributed by atoms with van der Waals surface area (Å²) in [5, 5.41) is 0. The van der Waals surface area contributed by atoms with E-state index in [4.69, 9.17) is 5.73 Å². The first kappa shape index (κ1) is 12.4. The number of rotatable bonds is 4. The van der Waals surface area contributed by atoms with E-state index in [1.165, 1.54) is 0 Å². The molecule has 2 rings (SSSR count). The molecule has 0 saturated carbocycles. The highest BCUT2D eigenvalue weighted by Gasteiger charge is 2.17. The Balaban J connectivity index is 2.54. The van der Waals surface area contributed by atoms with Gasteiger partial charge in [-0.1, -0.05) is 6.08 Å². The van der Waals surface area contributed by atoms with Crippen LogP contribution in [0.25, 0.3) is 11.4 Å². The average Bonchev–Trinajstić information content (AvgIpc) is 2.89. The van der Waals surface area contributed by atoms with Crippen LogP contribution in [-0.4, -0.2) is 19.1 Å². The Bertz CT molecular complexity index is 562. The zero-order chi connectivity index (χ0) is 13.3. The van der Waals surface area contributed by atoms with Gasteiger partial charge in [-0.25, -0.2) is 9.97 Å². The van der Waals surface area contributed by atoms with Gasteiger partial charge in [0.05, 0.1) is 18.2 Å². The molecule has 0 amide bonds. The number of nitrogens with two attached hydrogens (primary N) is 1. The van der Waals surface area contributed by atoms with Gasteiger partial charge in [0, 0.05) is 12.6 Å². The van der Waals surface area contributed by atoms with E-state index in [2.05, 4.69) is 35.0 Å². The number of hydrogen-bond donors (Lipinski definition) is 1. The summed E-state index contributed by atoms with van der Waals surface area (Å²) in [4.78, 5) is 8.73. The minimum atomic E-state index is 0.326. The van der Waals surface area contributed by atoms with Gasteiger partial charge in [0.1, 0.15) is 17.3 Å². The summed E-state index contributed by atoms with van der Waals surface area (Å²) < 4.78 is 4.01. The van der Waals surface area contributed by atoms with E-state index in [9.17, 15) is 0 Å². The molecule has 2 aromatic heterocycles. The van der Waals surface area contributed by atoms with Gasteiger partial charge >= 0.3 is 0 Å². The molecule has 2 heterocycles. The first-order valence-electron chi connectivity index (χ1n) is 6.02. The highest BCUT2D eigenvalue weighted by atomic mass is 15.2. The standard InChI is InChI=1S/C13H19N5/c1-5-6-17-10(4)16-12(13(17)14)11-7-15-8-18(11)9(2)3/h5,7-9H,1,6,14H2,2-4H3. The maximum atomic E-state index is 6.16. The summed E-state index contributed by atoms with van der Waals surface area (Å²) in [5.41, 5.74) is 7.91. The quantitative estimate of drug-likeness (QED) is 0.841. The second-order valence-corrected chi connectivity index (χ2v) is 4.57. The van der Waals surface area contributed by atoms with Gasteiger partial charge in [-0.05, 0) is 20.8 Å². The van der Waals surface area contributed by atoms with Crippen LogP contribution in [0.5, 0.6) is 0 Å². The average molecular weight is 245 g/mol. The zero-order valence-electron chi connectivity index (χ0n) is 11.1. The van der Waals surface area contributed by atoms with E-state index in [0.717, 1.165) is 17.2 Å². The number of allylic oxidation sites excluding steroid dienone is 1. The summed E-state index contributed by atoms with van der Waals surface area (Å²) in [6, 6.07) is 0.326. The number of hydrogen-bond acceptors (Lipinski definition) is 3. The SMILES string of the molecule is C=CCn1c(C)nc(-c2cncn2C(C)C)c1N. The Morgan fingerprint density at radius 1 is 1.50 bits per heavy atom. The van der Waals surface area contributed by atoms with Crippen molar-refractivity contribution in [2.24, 2.45) is 0 Å².